The number of hydrogen-bond donors (Lipinski definition) is 1. The fourth-order valence-corrected chi connectivity index (χ4v) is 4.20. The van der Waals surface area contributed by atoms with Gasteiger partial charge in [-0.1, -0.05) is 34.3 Å². The van der Waals surface area contributed by atoms with Gasteiger partial charge in [0.2, 0.25) is 0 Å². The zero-order valence-electron chi connectivity index (χ0n) is 13.1. The number of aromatic nitrogens is 2. The number of amides is 1. The summed E-state index contributed by atoms with van der Waals surface area (Å²) in [5, 5.41) is 6.62. The molecule has 1 unspecified atom stereocenters. The van der Waals surface area contributed by atoms with E-state index in [1.54, 1.807) is 6.07 Å². The van der Waals surface area contributed by atoms with Crippen molar-refractivity contribution in [3.8, 4) is 0 Å². The molecule has 2 aromatic carbocycles. The predicted octanol–water partition coefficient (Wildman–Crippen LogP) is 3.57. The summed E-state index contributed by atoms with van der Waals surface area (Å²) in [6.07, 6.45) is 0. The van der Waals surface area contributed by atoms with Crippen LogP contribution in [0.5, 0.6) is 0 Å². The van der Waals surface area contributed by atoms with Crippen molar-refractivity contribution in [1.29, 1.82) is 0 Å². The molecule has 0 radical (unpaired) electrons. The lowest BCUT2D eigenvalue weighted by atomic mass is 10.2. The van der Waals surface area contributed by atoms with Crippen molar-refractivity contribution in [1.82, 2.24) is 9.59 Å². The van der Waals surface area contributed by atoms with Crippen molar-refractivity contribution in [3.63, 3.8) is 0 Å². The maximum absolute atomic E-state index is 12.7. The molecule has 0 saturated carbocycles. The summed E-state index contributed by atoms with van der Waals surface area (Å²) in [6, 6.07) is 14.8. The molecular formula is C17H15N3O2S2. The number of carbonyl (C=O) groups excluding carboxylic acids is 1. The Kier molecular flexibility index (Phi) is 4.82. The van der Waals surface area contributed by atoms with Gasteiger partial charge in [0.1, 0.15) is 0 Å². The Bertz CT molecular complexity index is 904. The van der Waals surface area contributed by atoms with E-state index >= 15 is 0 Å². The predicted molar refractivity (Wildman–Crippen MR) is 94.9 cm³/mol. The number of aryl methyl sites for hydroxylation is 2. The van der Waals surface area contributed by atoms with Crippen LogP contribution in [0.2, 0.25) is 0 Å². The summed E-state index contributed by atoms with van der Waals surface area (Å²) in [4.78, 5) is 13.1. The van der Waals surface area contributed by atoms with Crippen molar-refractivity contribution >= 4 is 33.9 Å². The van der Waals surface area contributed by atoms with E-state index in [1.165, 1.54) is 0 Å². The minimum absolute atomic E-state index is 0.0976. The molecule has 24 heavy (non-hydrogen) atoms. The maximum Gasteiger partial charge on any atom is 0.278 e. The molecular weight excluding hydrogens is 342 g/mol. The second-order valence-electron chi connectivity index (χ2n) is 5.31. The fourth-order valence-electron chi connectivity index (χ4n) is 2.11. The molecule has 1 heterocycles. The first kappa shape index (κ1) is 16.5. The van der Waals surface area contributed by atoms with Gasteiger partial charge in [0.15, 0.2) is 9.90 Å². The van der Waals surface area contributed by atoms with Crippen molar-refractivity contribution in [2.24, 2.45) is 0 Å². The molecule has 7 heteroatoms. The first-order valence-corrected chi connectivity index (χ1v) is 9.16. The average Bonchev–Trinajstić information content (AvgIpc) is 3.06. The summed E-state index contributed by atoms with van der Waals surface area (Å²) >= 11 is 0.978. The van der Waals surface area contributed by atoms with Crippen LogP contribution in [-0.4, -0.2) is 19.7 Å². The van der Waals surface area contributed by atoms with E-state index in [-0.39, 0.29) is 5.69 Å². The van der Waals surface area contributed by atoms with Gasteiger partial charge in [0.05, 0.1) is 10.8 Å². The SMILES string of the molecule is Cc1ccc(NC(=O)c2nnsc2S(=O)c2cccc(C)c2)cc1. The standard InChI is InChI=1S/C17H15N3O2S2/c1-11-6-8-13(9-7-11)18-16(21)15-17(23-20-19-15)24(22)14-5-3-4-12(2)10-14/h3-10H,1-2H3,(H,18,21). The number of anilines is 1. The highest BCUT2D eigenvalue weighted by atomic mass is 32.2. The summed E-state index contributed by atoms with van der Waals surface area (Å²) in [7, 11) is -1.49. The van der Waals surface area contributed by atoms with Crippen LogP contribution in [0.3, 0.4) is 0 Å². The quantitative estimate of drug-likeness (QED) is 0.775. The van der Waals surface area contributed by atoms with Gasteiger partial charge in [-0.2, -0.15) is 0 Å². The molecule has 0 aliphatic carbocycles. The Hall–Kier alpha value is -2.38. The minimum Gasteiger partial charge on any atom is -0.321 e. The van der Waals surface area contributed by atoms with Crippen molar-refractivity contribution < 1.29 is 9.00 Å². The number of carbonyl (C=O) groups is 1. The molecule has 5 nitrogen and oxygen atoms in total. The second-order valence-corrected chi connectivity index (χ2v) is 7.74. The lowest BCUT2D eigenvalue weighted by Gasteiger charge is -2.05. The van der Waals surface area contributed by atoms with Crippen LogP contribution in [0.15, 0.2) is 57.6 Å². The smallest absolute Gasteiger partial charge is 0.278 e. The number of nitrogens with zero attached hydrogens (tertiary/aromatic N) is 2. The molecule has 3 aromatic rings. The Morgan fingerprint density at radius 2 is 1.83 bits per heavy atom. The van der Waals surface area contributed by atoms with E-state index < -0.39 is 16.7 Å². The van der Waals surface area contributed by atoms with E-state index in [1.807, 2.05) is 56.3 Å². The molecule has 1 N–H and O–H groups in total. The molecule has 0 fully saturated rings. The molecule has 0 aliphatic rings. The van der Waals surface area contributed by atoms with E-state index in [2.05, 4.69) is 14.9 Å². The van der Waals surface area contributed by atoms with E-state index in [0.29, 0.717) is 14.8 Å². The van der Waals surface area contributed by atoms with Gasteiger partial charge >= 0.3 is 0 Å². The summed E-state index contributed by atoms with van der Waals surface area (Å²) in [5.41, 5.74) is 2.86. The first-order chi connectivity index (χ1) is 11.5. The average molecular weight is 357 g/mol. The molecule has 1 atom stereocenters. The monoisotopic (exact) mass is 357 g/mol. The summed E-state index contributed by atoms with van der Waals surface area (Å²) in [6.45, 7) is 3.90. The molecule has 0 saturated heterocycles. The highest BCUT2D eigenvalue weighted by Crippen LogP contribution is 2.23. The van der Waals surface area contributed by atoms with Crippen LogP contribution < -0.4 is 5.32 Å². The third-order valence-electron chi connectivity index (χ3n) is 3.35. The lowest BCUT2D eigenvalue weighted by Crippen LogP contribution is -2.14. The van der Waals surface area contributed by atoms with E-state index in [0.717, 1.165) is 22.7 Å². The van der Waals surface area contributed by atoms with Crippen LogP contribution in [0, 0.1) is 13.8 Å². The van der Waals surface area contributed by atoms with Crippen LogP contribution in [0.1, 0.15) is 21.6 Å². The molecule has 3 rings (SSSR count). The molecule has 0 aliphatic heterocycles. The number of hydrogen-bond acceptors (Lipinski definition) is 5. The fraction of sp³-hybridized carbons (Fsp3) is 0.118. The lowest BCUT2D eigenvalue weighted by molar-refractivity contribution is 0.101. The minimum atomic E-state index is -1.49. The maximum atomic E-state index is 12.7. The van der Waals surface area contributed by atoms with E-state index in [9.17, 15) is 9.00 Å². The number of rotatable bonds is 4. The first-order valence-electron chi connectivity index (χ1n) is 7.23. The molecule has 0 bridgehead atoms. The Balaban J connectivity index is 1.85. The Morgan fingerprint density at radius 1 is 1.08 bits per heavy atom. The zero-order valence-corrected chi connectivity index (χ0v) is 14.8. The van der Waals surface area contributed by atoms with Gasteiger partial charge in [-0.25, -0.2) is 4.21 Å². The van der Waals surface area contributed by atoms with Crippen LogP contribution in [0.4, 0.5) is 5.69 Å². The summed E-state index contributed by atoms with van der Waals surface area (Å²) < 4.78 is 16.9. The van der Waals surface area contributed by atoms with Gasteiger partial charge in [-0.3, -0.25) is 4.79 Å². The molecule has 1 aromatic heterocycles. The highest BCUT2D eigenvalue weighted by molar-refractivity contribution is 7.87. The van der Waals surface area contributed by atoms with Crippen LogP contribution >= 0.6 is 11.5 Å². The third kappa shape index (κ3) is 3.58. The topological polar surface area (TPSA) is 72.0 Å². The number of nitrogens with one attached hydrogen (secondary N) is 1. The van der Waals surface area contributed by atoms with Crippen LogP contribution in [0.25, 0.3) is 0 Å². The van der Waals surface area contributed by atoms with Crippen molar-refractivity contribution in [2.45, 2.75) is 23.0 Å². The number of benzene rings is 2. The normalized spacial score (nSPS) is 11.9. The largest absolute Gasteiger partial charge is 0.321 e. The van der Waals surface area contributed by atoms with E-state index in [4.69, 9.17) is 0 Å². The van der Waals surface area contributed by atoms with Gasteiger partial charge in [-0.15, -0.1) is 5.10 Å². The molecule has 0 spiro atoms. The highest BCUT2D eigenvalue weighted by Gasteiger charge is 2.22. The zero-order chi connectivity index (χ0) is 17.1. The second kappa shape index (κ2) is 7.02. The van der Waals surface area contributed by atoms with Gasteiger partial charge < -0.3 is 5.32 Å². The third-order valence-corrected chi connectivity index (χ3v) is 5.77. The Morgan fingerprint density at radius 3 is 2.54 bits per heavy atom. The van der Waals surface area contributed by atoms with Gasteiger partial charge in [0.25, 0.3) is 5.91 Å². The molecule has 1 amide bonds. The summed E-state index contributed by atoms with van der Waals surface area (Å²) in [5.74, 6) is -0.413. The Labute approximate surface area is 146 Å². The van der Waals surface area contributed by atoms with Gasteiger partial charge in [0, 0.05) is 10.6 Å². The van der Waals surface area contributed by atoms with Crippen molar-refractivity contribution in [2.75, 3.05) is 5.32 Å². The van der Waals surface area contributed by atoms with Crippen LogP contribution in [-0.2, 0) is 10.8 Å². The van der Waals surface area contributed by atoms with Gasteiger partial charge in [-0.05, 0) is 55.2 Å². The molecule has 122 valence electrons. The van der Waals surface area contributed by atoms with Crippen molar-refractivity contribution in [3.05, 3.63) is 65.4 Å².